The molecule has 0 amide bonds. The first kappa shape index (κ1) is 9.57. The molecule has 1 N–H and O–H groups in total. The van der Waals surface area contributed by atoms with Crippen LogP contribution in [0, 0.1) is 6.92 Å². The van der Waals surface area contributed by atoms with Gasteiger partial charge >= 0.3 is 10.1 Å². The SMILES string of the molecule is Cc1cccc2sc(S(=O)(=O)O)nc12. The van der Waals surface area contributed by atoms with E-state index in [1.54, 1.807) is 6.07 Å². The van der Waals surface area contributed by atoms with E-state index in [0.29, 0.717) is 5.52 Å². The van der Waals surface area contributed by atoms with Gasteiger partial charge in [-0.2, -0.15) is 8.42 Å². The van der Waals surface area contributed by atoms with Gasteiger partial charge in [-0.1, -0.05) is 12.1 Å². The third-order valence-electron chi connectivity index (χ3n) is 1.82. The van der Waals surface area contributed by atoms with Crippen LogP contribution in [0.25, 0.3) is 10.2 Å². The summed E-state index contributed by atoms with van der Waals surface area (Å²) in [7, 11) is -4.17. The highest BCUT2D eigenvalue weighted by Crippen LogP contribution is 2.26. The van der Waals surface area contributed by atoms with Crippen LogP contribution in [0.5, 0.6) is 0 Å². The lowest BCUT2D eigenvalue weighted by Gasteiger charge is -1.90. The molecular formula is C8H7NO3S2. The van der Waals surface area contributed by atoms with E-state index in [2.05, 4.69) is 4.98 Å². The van der Waals surface area contributed by atoms with Crippen LogP contribution in [0.4, 0.5) is 0 Å². The standard InChI is InChI=1S/C8H7NO3S2/c1-5-3-2-4-6-7(5)9-8(13-6)14(10,11)12/h2-4H,1H3,(H,10,11,12). The van der Waals surface area contributed by atoms with E-state index in [4.69, 9.17) is 4.55 Å². The van der Waals surface area contributed by atoms with E-state index in [0.717, 1.165) is 21.6 Å². The Morgan fingerprint density at radius 2 is 2.14 bits per heavy atom. The summed E-state index contributed by atoms with van der Waals surface area (Å²) in [5.41, 5.74) is 1.53. The molecule has 0 saturated carbocycles. The number of nitrogens with zero attached hydrogens (tertiary/aromatic N) is 1. The van der Waals surface area contributed by atoms with E-state index >= 15 is 0 Å². The summed E-state index contributed by atoms with van der Waals surface area (Å²) in [6.45, 7) is 1.84. The Morgan fingerprint density at radius 3 is 2.71 bits per heavy atom. The minimum Gasteiger partial charge on any atom is -0.280 e. The van der Waals surface area contributed by atoms with Gasteiger partial charge in [-0.3, -0.25) is 4.55 Å². The lowest BCUT2D eigenvalue weighted by molar-refractivity contribution is 0.482. The molecular weight excluding hydrogens is 222 g/mol. The van der Waals surface area contributed by atoms with Crippen LogP contribution >= 0.6 is 11.3 Å². The second-order valence-electron chi connectivity index (χ2n) is 2.88. The van der Waals surface area contributed by atoms with Gasteiger partial charge in [0.05, 0.1) is 10.2 Å². The van der Waals surface area contributed by atoms with Gasteiger partial charge in [-0.15, -0.1) is 11.3 Å². The van der Waals surface area contributed by atoms with Crippen molar-refractivity contribution in [3.05, 3.63) is 23.8 Å². The topological polar surface area (TPSA) is 67.3 Å². The molecule has 14 heavy (non-hydrogen) atoms. The maximum absolute atomic E-state index is 10.8. The average Bonchev–Trinajstić information content (AvgIpc) is 2.48. The Labute approximate surface area is 85.0 Å². The lowest BCUT2D eigenvalue weighted by Crippen LogP contribution is -1.96. The molecule has 2 aromatic rings. The lowest BCUT2D eigenvalue weighted by atomic mass is 10.2. The fourth-order valence-corrected chi connectivity index (χ4v) is 2.85. The van der Waals surface area contributed by atoms with Crippen LogP contribution in [0.1, 0.15) is 5.56 Å². The molecule has 0 bridgehead atoms. The van der Waals surface area contributed by atoms with Crippen molar-refractivity contribution in [3.8, 4) is 0 Å². The van der Waals surface area contributed by atoms with Gasteiger partial charge in [0.1, 0.15) is 0 Å². The van der Waals surface area contributed by atoms with Crippen molar-refractivity contribution >= 4 is 31.7 Å². The van der Waals surface area contributed by atoms with Gasteiger partial charge in [0.15, 0.2) is 0 Å². The highest BCUT2D eigenvalue weighted by Gasteiger charge is 2.16. The Balaban J connectivity index is 2.81. The molecule has 1 aromatic carbocycles. The largest absolute Gasteiger partial charge is 0.322 e. The Hall–Kier alpha value is -0.980. The van der Waals surface area contributed by atoms with E-state index in [9.17, 15) is 8.42 Å². The Bertz CT molecular complexity index is 586. The molecule has 0 atom stereocenters. The molecule has 1 aromatic heterocycles. The number of para-hydroxylation sites is 1. The van der Waals surface area contributed by atoms with E-state index in [1.807, 2.05) is 19.1 Å². The third-order valence-corrected chi connectivity index (χ3v) is 4.05. The summed E-state index contributed by atoms with van der Waals surface area (Å²) < 4.78 is 30.9. The average molecular weight is 229 g/mol. The molecule has 0 aliphatic heterocycles. The molecule has 0 unspecified atom stereocenters. The summed E-state index contributed by atoms with van der Waals surface area (Å²) in [4.78, 5) is 3.86. The van der Waals surface area contributed by atoms with Crippen LogP contribution in [-0.2, 0) is 10.1 Å². The van der Waals surface area contributed by atoms with Gasteiger partial charge in [-0.05, 0) is 18.6 Å². The summed E-state index contributed by atoms with van der Waals surface area (Å²) in [5.74, 6) is 0. The van der Waals surface area contributed by atoms with E-state index in [-0.39, 0.29) is 4.34 Å². The maximum Gasteiger partial charge on any atom is 0.322 e. The van der Waals surface area contributed by atoms with Gasteiger partial charge in [-0.25, -0.2) is 4.98 Å². The van der Waals surface area contributed by atoms with Crippen molar-refractivity contribution < 1.29 is 13.0 Å². The Kier molecular flexibility index (Phi) is 2.06. The normalized spacial score (nSPS) is 12.1. The second kappa shape index (κ2) is 3.01. The van der Waals surface area contributed by atoms with Crippen molar-refractivity contribution in [2.45, 2.75) is 11.3 Å². The molecule has 0 radical (unpaired) electrons. The summed E-state index contributed by atoms with van der Waals surface area (Å²) in [6, 6.07) is 5.44. The molecule has 6 heteroatoms. The number of hydrogen-bond acceptors (Lipinski definition) is 4. The predicted molar refractivity (Wildman–Crippen MR) is 54.2 cm³/mol. The minimum atomic E-state index is -4.17. The van der Waals surface area contributed by atoms with Crippen molar-refractivity contribution in [3.63, 3.8) is 0 Å². The fraction of sp³-hybridized carbons (Fsp3) is 0.125. The fourth-order valence-electron chi connectivity index (χ4n) is 1.18. The van der Waals surface area contributed by atoms with Crippen LogP contribution in [-0.4, -0.2) is 18.0 Å². The third kappa shape index (κ3) is 1.52. The van der Waals surface area contributed by atoms with Gasteiger partial charge < -0.3 is 0 Å². The molecule has 0 saturated heterocycles. The predicted octanol–water partition coefficient (Wildman–Crippen LogP) is 1.85. The number of hydrogen-bond donors (Lipinski definition) is 1. The van der Waals surface area contributed by atoms with Gasteiger partial charge in [0, 0.05) is 0 Å². The minimum absolute atomic E-state index is 0.248. The van der Waals surface area contributed by atoms with Crippen LogP contribution in [0.3, 0.4) is 0 Å². The number of aryl methyl sites for hydroxylation is 1. The number of fused-ring (bicyclic) bond motifs is 1. The number of benzene rings is 1. The van der Waals surface area contributed by atoms with Crippen molar-refractivity contribution in [2.75, 3.05) is 0 Å². The van der Waals surface area contributed by atoms with Crippen LogP contribution < -0.4 is 0 Å². The van der Waals surface area contributed by atoms with Crippen molar-refractivity contribution in [2.24, 2.45) is 0 Å². The van der Waals surface area contributed by atoms with Gasteiger partial charge in [0.25, 0.3) is 0 Å². The van der Waals surface area contributed by atoms with Crippen molar-refractivity contribution in [1.82, 2.24) is 4.98 Å². The quantitative estimate of drug-likeness (QED) is 0.758. The molecule has 0 fully saturated rings. The highest BCUT2D eigenvalue weighted by molar-refractivity contribution is 7.88. The zero-order valence-electron chi connectivity index (χ0n) is 7.26. The molecule has 0 aliphatic carbocycles. The van der Waals surface area contributed by atoms with E-state index in [1.165, 1.54) is 0 Å². The maximum atomic E-state index is 10.8. The first-order valence-corrected chi connectivity index (χ1v) is 6.08. The first-order chi connectivity index (χ1) is 6.48. The number of rotatable bonds is 1. The van der Waals surface area contributed by atoms with Gasteiger partial charge in [0.2, 0.25) is 4.34 Å². The van der Waals surface area contributed by atoms with Crippen LogP contribution in [0.15, 0.2) is 22.5 Å². The molecule has 1 heterocycles. The molecule has 2 rings (SSSR count). The zero-order valence-corrected chi connectivity index (χ0v) is 8.89. The highest BCUT2D eigenvalue weighted by atomic mass is 32.3. The molecule has 0 spiro atoms. The van der Waals surface area contributed by atoms with Crippen LogP contribution in [0.2, 0.25) is 0 Å². The van der Waals surface area contributed by atoms with Crippen molar-refractivity contribution in [1.29, 1.82) is 0 Å². The first-order valence-electron chi connectivity index (χ1n) is 3.82. The van der Waals surface area contributed by atoms with E-state index < -0.39 is 10.1 Å². The molecule has 4 nitrogen and oxygen atoms in total. The summed E-state index contributed by atoms with van der Waals surface area (Å²) >= 11 is 0.969. The summed E-state index contributed by atoms with van der Waals surface area (Å²) in [5, 5.41) is 0. The Morgan fingerprint density at radius 1 is 1.43 bits per heavy atom. The molecule has 74 valence electrons. The smallest absolute Gasteiger partial charge is 0.280 e. The molecule has 0 aliphatic rings. The zero-order chi connectivity index (χ0) is 10.3. The number of thiazole rings is 1. The number of aromatic nitrogens is 1. The monoisotopic (exact) mass is 229 g/mol. The summed E-state index contributed by atoms with van der Waals surface area (Å²) in [6.07, 6.45) is 0. The second-order valence-corrected chi connectivity index (χ2v) is 5.50.